The van der Waals surface area contributed by atoms with Crippen LogP contribution in [0.25, 0.3) is 32.8 Å². The summed E-state index contributed by atoms with van der Waals surface area (Å²) in [5, 5.41) is 18.6. The number of para-hydroxylation sites is 1. The van der Waals surface area contributed by atoms with Crippen molar-refractivity contribution in [2.45, 2.75) is 52.0 Å². The molecule has 1 N–H and O–H groups in total. The number of aromatic carboxylic acids is 1. The van der Waals surface area contributed by atoms with Crippen molar-refractivity contribution in [2.75, 3.05) is 19.8 Å². The normalized spacial score (nSPS) is 15.3. The first kappa shape index (κ1) is 25.8. The third-order valence-corrected chi connectivity index (χ3v) is 8.21. The zero-order chi connectivity index (χ0) is 27.8. The molecule has 7 rings (SSSR count). The Morgan fingerprint density at radius 1 is 0.927 bits per heavy atom. The number of hydrogen-bond acceptors (Lipinski definition) is 5. The maximum Gasteiger partial charge on any atom is 0.352 e. The van der Waals surface area contributed by atoms with Crippen molar-refractivity contribution in [2.24, 2.45) is 0 Å². The molecular formula is C33H33N3O5. The fourth-order valence-corrected chi connectivity index (χ4v) is 6.41. The van der Waals surface area contributed by atoms with Crippen LogP contribution >= 0.6 is 0 Å². The lowest BCUT2D eigenvalue weighted by atomic mass is 9.98. The predicted octanol–water partition coefficient (Wildman–Crippen LogP) is 6.21. The largest absolute Gasteiger partial charge is 0.493 e. The summed E-state index contributed by atoms with van der Waals surface area (Å²) in [4.78, 5) is 12.8. The summed E-state index contributed by atoms with van der Waals surface area (Å²) in [6.07, 6.45) is 2.98. The van der Waals surface area contributed by atoms with Crippen LogP contribution in [0.15, 0.2) is 60.7 Å². The van der Waals surface area contributed by atoms with Crippen LogP contribution in [0.2, 0.25) is 0 Å². The van der Waals surface area contributed by atoms with Crippen molar-refractivity contribution >= 4 is 27.6 Å². The highest BCUT2D eigenvalue weighted by Gasteiger charge is 2.29. The van der Waals surface area contributed by atoms with Crippen LogP contribution in [-0.2, 0) is 42.2 Å². The summed E-state index contributed by atoms with van der Waals surface area (Å²) in [5.74, 6) is -0.0486. The summed E-state index contributed by atoms with van der Waals surface area (Å²) < 4.78 is 22.1. The molecule has 0 amide bonds. The van der Waals surface area contributed by atoms with E-state index in [1.54, 1.807) is 0 Å². The fraction of sp³-hybridized carbons (Fsp3) is 0.333. The van der Waals surface area contributed by atoms with Gasteiger partial charge in [0.1, 0.15) is 11.4 Å². The van der Waals surface area contributed by atoms with Gasteiger partial charge in [0.2, 0.25) is 0 Å². The van der Waals surface area contributed by atoms with Gasteiger partial charge in [0.15, 0.2) is 0 Å². The predicted molar refractivity (Wildman–Crippen MR) is 156 cm³/mol. The van der Waals surface area contributed by atoms with Gasteiger partial charge in [0.05, 0.1) is 49.9 Å². The molecule has 41 heavy (non-hydrogen) atoms. The second-order valence-electron chi connectivity index (χ2n) is 10.7. The van der Waals surface area contributed by atoms with Crippen molar-refractivity contribution in [1.82, 2.24) is 14.3 Å². The van der Waals surface area contributed by atoms with Crippen molar-refractivity contribution in [3.63, 3.8) is 0 Å². The van der Waals surface area contributed by atoms with Gasteiger partial charge in [-0.3, -0.25) is 4.68 Å². The zero-order valence-electron chi connectivity index (χ0n) is 23.0. The Kier molecular flexibility index (Phi) is 6.94. The lowest BCUT2D eigenvalue weighted by Gasteiger charge is -2.17. The Labute approximate surface area is 238 Å². The minimum Gasteiger partial charge on any atom is -0.493 e. The molecule has 0 unspecified atom stereocenters. The van der Waals surface area contributed by atoms with Crippen LogP contribution in [0, 0.1) is 0 Å². The second kappa shape index (κ2) is 11.0. The van der Waals surface area contributed by atoms with Gasteiger partial charge in [-0.1, -0.05) is 54.6 Å². The number of carbonyl (C=O) groups is 1. The molecule has 0 bridgehead atoms. The van der Waals surface area contributed by atoms with E-state index in [-0.39, 0.29) is 0 Å². The molecule has 3 aromatic carbocycles. The van der Waals surface area contributed by atoms with Gasteiger partial charge in [-0.2, -0.15) is 5.10 Å². The van der Waals surface area contributed by atoms with Crippen LogP contribution in [0.5, 0.6) is 5.75 Å². The van der Waals surface area contributed by atoms with E-state index in [4.69, 9.17) is 19.3 Å². The second-order valence-corrected chi connectivity index (χ2v) is 10.7. The molecule has 0 fully saturated rings. The third-order valence-electron chi connectivity index (χ3n) is 8.21. The Hall–Kier alpha value is -4.14. The molecule has 8 heteroatoms. The van der Waals surface area contributed by atoms with E-state index >= 15 is 0 Å². The van der Waals surface area contributed by atoms with Gasteiger partial charge < -0.3 is 23.9 Å². The summed E-state index contributed by atoms with van der Waals surface area (Å²) in [6.45, 7) is 3.94. The van der Waals surface area contributed by atoms with E-state index in [2.05, 4.69) is 30.3 Å². The van der Waals surface area contributed by atoms with E-state index in [0.717, 1.165) is 68.3 Å². The van der Waals surface area contributed by atoms with Gasteiger partial charge in [-0.05, 0) is 42.7 Å². The van der Waals surface area contributed by atoms with Gasteiger partial charge in [0, 0.05) is 35.1 Å². The molecule has 0 saturated carbocycles. The van der Waals surface area contributed by atoms with E-state index in [0.29, 0.717) is 64.7 Å². The Bertz CT molecular complexity index is 1750. The Balaban J connectivity index is 1.29. The minimum atomic E-state index is -0.899. The first-order valence-corrected chi connectivity index (χ1v) is 14.4. The number of fused-ring (bicyclic) bond motifs is 5. The van der Waals surface area contributed by atoms with Crippen molar-refractivity contribution < 1.29 is 24.1 Å². The number of carboxylic acid groups (broad SMARTS) is 1. The lowest BCUT2D eigenvalue weighted by Crippen LogP contribution is -2.17. The summed E-state index contributed by atoms with van der Waals surface area (Å²) >= 11 is 0. The van der Waals surface area contributed by atoms with Crippen molar-refractivity contribution in [1.29, 1.82) is 0 Å². The van der Waals surface area contributed by atoms with Crippen LogP contribution in [0.4, 0.5) is 0 Å². The van der Waals surface area contributed by atoms with Crippen LogP contribution < -0.4 is 4.74 Å². The molecule has 0 atom stereocenters. The van der Waals surface area contributed by atoms with E-state index < -0.39 is 5.97 Å². The number of ether oxygens (including phenoxy) is 3. The Morgan fingerprint density at radius 2 is 1.76 bits per heavy atom. The lowest BCUT2D eigenvalue weighted by molar-refractivity contribution is 0.0683. The molecule has 210 valence electrons. The van der Waals surface area contributed by atoms with Crippen molar-refractivity contribution in [3.05, 3.63) is 83.3 Å². The highest BCUT2D eigenvalue weighted by atomic mass is 16.5. The SMILES string of the molecule is O=C(O)c1c(CCCOc2cccc3ccccc23)c2cccc3c2n1CCCCOCc1nn2c(c1-3)COCC2. The van der Waals surface area contributed by atoms with Gasteiger partial charge in [0.25, 0.3) is 0 Å². The maximum absolute atomic E-state index is 12.8. The number of rotatable bonds is 6. The highest BCUT2D eigenvalue weighted by Crippen LogP contribution is 2.40. The standard InChI is InChI=1S/C33H33N3O5/c37-33(38)32-25(13-7-18-41-29-14-5-9-22-8-1-2-10-23(22)29)24-11-6-12-26-30-27(34-36-16-19-40-21-28(30)36)20-39-17-4-3-15-35(32)31(24)26/h1-2,5-6,8-12,14H,3-4,7,13,15-21H2,(H,37,38). The average Bonchev–Trinajstić information content (AvgIpc) is 3.51. The van der Waals surface area contributed by atoms with Crippen LogP contribution in [0.3, 0.4) is 0 Å². The fourth-order valence-electron chi connectivity index (χ4n) is 6.41. The van der Waals surface area contributed by atoms with Gasteiger partial charge in [-0.15, -0.1) is 0 Å². The number of aryl methyl sites for hydroxylation is 2. The number of carboxylic acids is 1. The molecule has 2 aliphatic rings. The first-order valence-electron chi connectivity index (χ1n) is 14.4. The molecule has 5 aromatic rings. The highest BCUT2D eigenvalue weighted by molar-refractivity contribution is 6.04. The first-order chi connectivity index (χ1) is 20.2. The Morgan fingerprint density at radius 3 is 2.68 bits per heavy atom. The van der Waals surface area contributed by atoms with E-state index in [1.165, 1.54) is 0 Å². The quantitative estimate of drug-likeness (QED) is 0.253. The molecule has 4 heterocycles. The number of nitrogens with zero attached hydrogens (tertiary/aromatic N) is 3. The summed E-state index contributed by atoms with van der Waals surface area (Å²) in [6, 6.07) is 20.4. The molecule has 0 radical (unpaired) electrons. The smallest absolute Gasteiger partial charge is 0.352 e. The maximum atomic E-state index is 12.8. The van der Waals surface area contributed by atoms with E-state index in [9.17, 15) is 9.90 Å². The van der Waals surface area contributed by atoms with Crippen LogP contribution in [-0.4, -0.2) is 45.2 Å². The monoisotopic (exact) mass is 551 g/mol. The number of hydrogen-bond donors (Lipinski definition) is 1. The number of benzene rings is 3. The van der Waals surface area contributed by atoms with Gasteiger partial charge >= 0.3 is 5.97 Å². The zero-order valence-corrected chi connectivity index (χ0v) is 23.0. The summed E-state index contributed by atoms with van der Waals surface area (Å²) in [7, 11) is 0. The summed E-state index contributed by atoms with van der Waals surface area (Å²) in [5.41, 5.74) is 6.11. The molecule has 2 aromatic heterocycles. The van der Waals surface area contributed by atoms with E-state index in [1.807, 2.05) is 39.6 Å². The topological polar surface area (TPSA) is 87.7 Å². The van der Waals surface area contributed by atoms with Crippen LogP contribution in [0.1, 0.15) is 46.7 Å². The van der Waals surface area contributed by atoms with Crippen molar-refractivity contribution in [3.8, 4) is 16.9 Å². The average molecular weight is 552 g/mol. The molecular weight excluding hydrogens is 518 g/mol. The molecule has 0 spiro atoms. The number of aromatic nitrogens is 3. The molecule has 0 aliphatic carbocycles. The minimum absolute atomic E-state index is 0.372. The van der Waals surface area contributed by atoms with Gasteiger partial charge in [-0.25, -0.2) is 4.79 Å². The third kappa shape index (κ3) is 4.67. The molecule has 8 nitrogen and oxygen atoms in total. The molecule has 2 aliphatic heterocycles. The molecule has 0 saturated heterocycles.